The minimum atomic E-state index is -4.79. The number of hydrogen-bond donors (Lipinski definition) is 0. The Bertz CT molecular complexity index is 846. The van der Waals surface area contributed by atoms with Gasteiger partial charge in [-0.1, -0.05) is 6.07 Å². The van der Waals surface area contributed by atoms with E-state index in [1.54, 1.807) is 6.07 Å². The molecule has 2 aromatic rings. The second-order valence-electron chi connectivity index (χ2n) is 4.38. The maximum atomic E-state index is 13.2. The van der Waals surface area contributed by atoms with Crippen LogP contribution >= 0.6 is 0 Å². The molecular formula is C16H7F3N2O2. The molecule has 0 aliphatic carbocycles. The number of nitriles is 2. The normalized spacial score (nSPS) is 10.5. The van der Waals surface area contributed by atoms with Crippen LogP contribution in [0, 0.1) is 22.7 Å². The van der Waals surface area contributed by atoms with E-state index in [0.29, 0.717) is 6.29 Å². The average Bonchev–Trinajstić information content (AvgIpc) is 2.53. The molecule has 0 radical (unpaired) electrons. The first-order valence-electron chi connectivity index (χ1n) is 6.18. The van der Waals surface area contributed by atoms with Crippen LogP contribution in [0.4, 0.5) is 13.2 Å². The van der Waals surface area contributed by atoms with Gasteiger partial charge in [-0.15, -0.1) is 0 Å². The lowest BCUT2D eigenvalue weighted by atomic mass is 10.1. The van der Waals surface area contributed by atoms with Gasteiger partial charge < -0.3 is 4.74 Å². The fourth-order valence-electron chi connectivity index (χ4n) is 1.92. The third kappa shape index (κ3) is 3.30. The lowest BCUT2D eigenvalue weighted by Crippen LogP contribution is -2.10. The van der Waals surface area contributed by atoms with E-state index in [1.807, 2.05) is 0 Å². The fourth-order valence-corrected chi connectivity index (χ4v) is 1.92. The molecule has 0 unspecified atom stereocenters. The Labute approximate surface area is 129 Å². The third-order valence-electron chi connectivity index (χ3n) is 2.91. The number of rotatable bonds is 3. The Morgan fingerprint density at radius 1 is 1.00 bits per heavy atom. The molecule has 0 aliphatic rings. The van der Waals surface area contributed by atoms with Gasteiger partial charge in [-0.05, 0) is 30.3 Å². The lowest BCUT2D eigenvalue weighted by molar-refractivity contribution is -0.138. The van der Waals surface area contributed by atoms with Crippen LogP contribution in [0.25, 0.3) is 0 Å². The molecule has 0 aromatic heterocycles. The summed E-state index contributed by atoms with van der Waals surface area (Å²) in [4.78, 5) is 10.7. The standard InChI is InChI=1S/C16H7F3N2O2/c17-16(18,19)15-11(7-20)2-1-3-14(15)23-13-5-4-10(9-22)6-12(13)8-21/h1-6,9H. The number of ether oxygens (including phenoxy) is 1. The molecule has 0 bridgehead atoms. The molecule has 0 atom stereocenters. The van der Waals surface area contributed by atoms with Crippen molar-refractivity contribution < 1.29 is 22.7 Å². The molecule has 7 heteroatoms. The number of halogens is 3. The Hall–Kier alpha value is -3.32. The van der Waals surface area contributed by atoms with Gasteiger partial charge in [0.1, 0.15) is 29.4 Å². The van der Waals surface area contributed by atoms with E-state index in [4.69, 9.17) is 15.3 Å². The van der Waals surface area contributed by atoms with Crippen molar-refractivity contribution in [2.75, 3.05) is 0 Å². The highest BCUT2D eigenvalue weighted by atomic mass is 19.4. The first-order valence-corrected chi connectivity index (χ1v) is 6.18. The molecular weight excluding hydrogens is 309 g/mol. The van der Waals surface area contributed by atoms with Crippen LogP contribution in [-0.2, 0) is 6.18 Å². The van der Waals surface area contributed by atoms with Crippen molar-refractivity contribution in [3.63, 3.8) is 0 Å². The molecule has 0 saturated carbocycles. The minimum absolute atomic E-state index is 0.0925. The van der Waals surface area contributed by atoms with Crippen LogP contribution in [0.15, 0.2) is 36.4 Å². The lowest BCUT2D eigenvalue weighted by Gasteiger charge is -2.15. The fraction of sp³-hybridized carbons (Fsp3) is 0.0625. The number of carbonyl (C=O) groups excluding carboxylic acids is 1. The molecule has 0 aliphatic heterocycles. The second-order valence-corrected chi connectivity index (χ2v) is 4.38. The molecule has 2 aromatic carbocycles. The van der Waals surface area contributed by atoms with Crippen molar-refractivity contribution in [3.8, 4) is 23.6 Å². The Morgan fingerprint density at radius 3 is 2.26 bits per heavy atom. The van der Waals surface area contributed by atoms with Crippen molar-refractivity contribution in [2.45, 2.75) is 6.18 Å². The van der Waals surface area contributed by atoms with Crippen molar-refractivity contribution in [1.29, 1.82) is 10.5 Å². The molecule has 2 rings (SSSR count). The summed E-state index contributed by atoms with van der Waals surface area (Å²) in [6.45, 7) is 0. The number of nitrogens with zero attached hydrogens (tertiary/aromatic N) is 2. The number of carbonyl (C=O) groups is 1. The smallest absolute Gasteiger partial charge is 0.421 e. The Kier molecular flexibility index (Phi) is 4.33. The first-order chi connectivity index (χ1) is 10.9. The predicted octanol–water partition coefficient (Wildman–Crippen LogP) is 4.05. The number of alkyl halides is 3. The highest BCUT2D eigenvalue weighted by Crippen LogP contribution is 2.40. The van der Waals surface area contributed by atoms with Gasteiger partial charge in [0.2, 0.25) is 0 Å². The summed E-state index contributed by atoms with van der Waals surface area (Å²) >= 11 is 0. The van der Waals surface area contributed by atoms with Crippen molar-refractivity contribution in [2.24, 2.45) is 0 Å². The van der Waals surface area contributed by atoms with Crippen molar-refractivity contribution in [3.05, 3.63) is 58.7 Å². The van der Waals surface area contributed by atoms with E-state index in [0.717, 1.165) is 12.1 Å². The SMILES string of the molecule is N#Cc1cc(C=O)ccc1Oc1cccc(C#N)c1C(F)(F)F. The van der Waals surface area contributed by atoms with Crippen LogP contribution in [0.2, 0.25) is 0 Å². The predicted molar refractivity (Wildman–Crippen MR) is 72.8 cm³/mol. The maximum absolute atomic E-state index is 13.2. The second kappa shape index (κ2) is 6.20. The van der Waals surface area contributed by atoms with Gasteiger partial charge in [0, 0.05) is 5.56 Å². The van der Waals surface area contributed by atoms with E-state index < -0.39 is 23.1 Å². The third-order valence-corrected chi connectivity index (χ3v) is 2.91. The maximum Gasteiger partial charge on any atom is 0.421 e. The monoisotopic (exact) mass is 316 g/mol. The van der Waals surface area contributed by atoms with Crippen LogP contribution in [0.5, 0.6) is 11.5 Å². The molecule has 114 valence electrons. The van der Waals surface area contributed by atoms with Crippen molar-refractivity contribution >= 4 is 6.29 Å². The van der Waals surface area contributed by atoms with Gasteiger partial charge in [-0.2, -0.15) is 23.7 Å². The Balaban J connectivity index is 2.56. The van der Waals surface area contributed by atoms with Gasteiger partial charge in [0.15, 0.2) is 0 Å². The highest BCUT2D eigenvalue weighted by Gasteiger charge is 2.37. The van der Waals surface area contributed by atoms with Crippen LogP contribution in [0.3, 0.4) is 0 Å². The number of benzene rings is 2. The molecule has 0 amide bonds. The van der Waals surface area contributed by atoms with Gasteiger partial charge >= 0.3 is 6.18 Å². The zero-order valence-electron chi connectivity index (χ0n) is 11.4. The largest absolute Gasteiger partial charge is 0.455 e. The summed E-state index contributed by atoms with van der Waals surface area (Å²) in [7, 11) is 0. The quantitative estimate of drug-likeness (QED) is 0.801. The Morgan fingerprint density at radius 2 is 1.70 bits per heavy atom. The van der Waals surface area contributed by atoms with Gasteiger partial charge in [0.05, 0.1) is 17.2 Å². The summed E-state index contributed by atoms with van der Waals surface area (Å²) in [5.41, 5.74) is -1.70. The zero-order valence-corrected chi connectivity index (χ0v) is 11.4. The molecule has 4 nitrogen and oxygen atoms in total. The average molecular weight is 316 g/mol. The molecule has 23 heavy (non-hydrogen) atoms. The van der Waals surface area contributed by atoms with E-state index in [2.05, 4.69) is 0 Å². The molecule has 0 saturated heterocycles. The topological polar surface area (TPSA) is 73.9 Å². The summed E-state index contributed by atoms with van der Waals surface area (Å²) in [5, 5.41) is 17.9. The molecule has 0 spiro atoms. The summed E-state index contributed by atoms with van der Waals surface area (Å²) in [5.74, 6) is -0.731. The van der Waals surface area contributed by atoms with Crippen LogP contribution in [-0.4, -0.2) is 6.29 Å². The van der Waals surface area contributed by atoms with E-state index in [1.165, 1.54) is 30.3 Å². The molecule has 0 N–H and O–H groups in total. The van der Waals surface area contributed by atoms with E-state index in [9.17, 15) is 18.0 Å². The van der Waals surface area contributed by atoms with Crippen LogP contribution in [0.1, 0.15) is 27.0 Å². The summed E-state index contributed by atoms with van der Waals surface area (Å²) in [6, 6.07) is 10.3. The first kappa shape index (κ1) is 16.1. The van der Waals surface area contributed by atoms with Crippen LogP contribution < -0.4 is 4.74 Å². The molecule has 0 fully saturated rings. The zero-order chi connectivity index (χ0) is 17.0. The minimum Gasteiger partial charge on any atom is -0.455 e. The number of hydrogen-bond acceptors (Lipinski definition) is 4. The summed E-state index contributed by atoms with van der Waals surface area (Å²) < 4.78 is 44.7. The van der Waals surface area contributed by atoms with E-state index >= 15 is 0 Å². The summed E-state index contributed by atoms with van der Waals surface area (Å²) in [6.07, 6.45) is -4.29. The highest BCUT2D eigenvalue weighted by molar-refractivity contribution is 5.76. The van der Waals surface area contributed by atoms with Crippen molar-refractivity contribution in [1.82, 2.24) is 0 Å². The molecule has 0 heterocycles. The van der Waals surface area contributed by atoms with Gasteiger partial charge in [-0.3, -0.25) is 4.79 Å². The van der Waals surface area contributed by atoms with Gasteiger partial charge in [0.25, 0.3) is 0 Å². The number of aldehydes is 1. The van der Waals surface area contributed by atoms with Gasteiger partial charge in [-0.25, -0.2) is 0 Å². The van der Waals surface area contributed by atoms with E-state index in [-0.39, 0.29) is 16.9 Å².